The molecule has 2 atom stereocenters. The molecule has 0 amide bonds. The molecule has 0 aliphatic rings. The Morgan fingerprint density at radius 1 is 1.05 bits per heavy atom. The van der Waals surface area contributed by atoms with Crippen LogP contribution in [-0.2, 0) is 0 Å². The topological polar surface area (TPSA) is 55.5 Å². The third-order valence-corrected chi connectivity index (χ3v) is 3.76. The number of nitrogens with two attached hydrogens (primary N) is 1. The van der Waals surface area contributed by atoms with E-state index in [9.17, 15) is 5.11 Å². The molecule has 112 valence electrons. The zero-order valence-corrected chi connectivity index (χ0v) is 12.6. The van der Waals surface area contributed by atoms with Crippen molar-refractivity contribution in [1.29, 1.82) is 0 Å². The second kappa shape index (κ2) is 7.25. The highest BCUT2D eigenvalue weighted by Gasteiger charge is 2.25. The zero-order valence-electron chi connectivity index (χ0n) is 12.6. The molecule has 0 aliphatic heterocycles. The van der Waals surface area contributed by atoms with Crippen LogP contribution in [0, 0.1) is 6.92 Å². The number of rotatable bonds is 6. The van der Waals surface area contributed by atoms with Gasteiger partial charge in [-0.05, 0) is 31.0 Å². The third-order valence-electron chi connectivity index (χ3n) is 3.76. The quantitative estimate of drug-likeness (QED) is 0.857. The van der Waals surface area contributed by atoms with Crippen LogP contribution in [-0.4, -0.2) is 18.3 Å². The van der Waals surface area contributed by atoms with Gasteiger partial charge in [0.15, 0.2) is 0 Å². The maximum Gasteiger partial charge on any atom is 0.125 e. The van der Waals surface area contributed by atoms with Gasteiger partial charge < -0.3 is 15.6 Å². The van der Waals surface area contributed by atoms with E-state index in [0.29, 0.717) is 13.2 Å². The van der Waals surface area contributed by atoms with Crippen LogP contribution in [0.3, 0.4) is 0 Å². The monoisotopic (exact) mass is 285 g/mol. The molecule has 3 nitrogen and oxygen atoms in total. The van der Waals surface area contributed by atoms with Crippen molar-refractivity contribution in [2.75, 3.05) is 13.2 Å². The lowest BCUT2D eigenvalue weighted by atomic mass is 9.86. The fourth-order valence-electron chi connectivity index (χ4n) is 2.66. The average Bonchev–Trinajstić information content (AvgIpc) is 2.50. The summed E-state index contributed by atoms with van der Waals surface area (Å²) in [6.45, 7) is 4.93. The van der Waals surface area contributed by atoms with Crippen molar-refractivity contribution in [2.24, 2.45) is 5.73 Å². The molecule has 3 heteroatoms. The van der Waals surface area contributed by atoms with E-state index in [2.05, 4.69) is 0 Å². The van der Waals surface area contributed by atoms with E-state index in [1.165, 1.54) is 0 Å². The van der Waals surface area contributed by atoms with Crippen molar-refractivity contribution in [3.63, 3.8) is 0 Å². The van der Waals surface area contributed by atoms with Gasteiger partial charge in [-0.15, -0.1) is 0 Å². The predicted octanol–water partition coefficient (Wildman–Crippen LogP) is 3.17. The minimum absolute atomic E-state index is 0.146. The van der Waals surface area contributed by atoms with E-state index in [1.807, 2.05) is 62.4 Å². The summed E-state index contributed by atoms with van der Waals surface area (Å²) in [5.41, 5.74) is 8.95. The third kappa shape index (κ3) is 3.43. The van der Waals surface area contributed by atoms with Crippen LogP contribution in [0.25, 0.3) is 0 Å². The number of hydrogen-bond donors (Lipinski definition) is 2. The van der Waals surface area contributed by atoms with E-state index in [1.54, 1.807) is 0 Å². The Labute approximate surface area is 126 Å². The number of benzene rings is 2. The highest BCUT2D eigenvalue weighted by Crippen LogP contribution is 2.36. The molecule has 0 aliphatic carbocycles. The molecule has 0 bridgehead atoms. The molecule has 3 N–H and O–H groups in total. The Morgan fingerprint density at radius 2 is 1.67 bits per heavy atom. The Morgan fingerprint density at radius 3 is 2.29 bits per heavy atom. The van der Waals surface area contributed by atoms with Crippen LogP contribution in [0.5, 0.6) is 5.75 Å². The zero-order chi connectivity index (χ0) is 15.2. The van der Waals surface area contributed by atoms with Crippen LogP contribution in [0.4, 0.5) is 0 Å². The molecule has 0 saturated heterocycles. The first kappa shape index (κ1) is 15.5. The summed E-state index contributed by atoms with van der Waals surface area (Å²) in [4.78, 5) is 0. The van der Waals surface area contributed by atoms with E-state index < -0.39 is 6.10 Å². The lowest BCUT2D eigenvalue weighted by Gasteiger charge is -2.25. The van der Waals surface area contributed by atoms with E-state index >= 15 is 0 Å². The fourth-order valence-corrected chi connectivity index (χ4v) is 2.66. The molecule has 21 heavy (non-hydrogen) atoms. The summed E-state index contributed by atoms with van der Waals surface area (Å²) in [5.74, 6) is 0.576. The summed E-state index contributed by atoms with van der Waals surface area (Å²) in [7, 11) is 0. The molecule has 0 radical (unpaired) electrons. The van der Waals surface area contributed by atoms with Gasteiger partial charge >= 0.3 is 0 Å². The molecule has 0 aromatic heterocycles. The van der Waals surface area contributed by atoms with Gasteiger partial charge in [0.05, 0.1) is 12.7 Å². The van der Waals surface area contributed by atoms with E-state index in [-0.39, 0.29) is 5.92 Å². The number of aryl methyl sites for hydroxylation is 1. The van der Waals surface area contributed by atoms with Crippen LogP contribution in [0.1, 0.15) is 35.6 Å². The highest BCUT2D eigenvalue weighted by molar-refractivity contribution is 5.39. The smallest absolute Gasteiger partial charge is 0.125 e. The van der Waals surface area contributed by atoms with Gasteiger partial charge in [-0.25, -0.2) is 0 Å². The summed E-state index contributed by atoms with van der Waals surface area (Å²) >= 11 is 0. The number of para-hydroxylation sites is 1. The molecule has 2 rings (SSSR count). The average molecular weight is 285 g/mol. The molecule has 2 unspecified atom stereocenters. The SMILES string of the molecule is CCOc1ccccc1C(O)C(CN)c1ccccc1C. The Kier molecular flexibility index (Phi) is 5.37. The summed E-state index contributed by atoms with van der Waals surface area (Å²) in [6.07, 6.45) is -0.682. The molecule has 0 heterocycles. The first-order chi connectivity index (χ1) is 10.2. The van der Waals surface area contributed by atoms with Crippen molar-refractivity contribution in [1.82, 2.24) is 0 Å². The minimum Gasteiger partial charge on any atom is -0.493 e. The molecule has 0 saturated carbocycles. The van der Waals surface area contributed by atoms with Crippen LogP contribution in [0.15, 0.2) is 48.5 Å². The van der Waals surface area contributed by atoms with Crippen molar-refractivity contribution < 1.29 is 9.84 Å². The number of aliphatic hydroxyl groups is 1. The summed E-state index contributed by atoms with van der Waals surface area (Å²) in [6, 6.07) is 15.6. The Hall–Kier alpha value is -1.84. The van der Waals surface area contributed by atoms with E-state index in [4.69, 9.17) is 10.5 Å². The van der Waals surface area contributed by atoms with Crippen LogP contribution in [0.2, 0.25) is 0 Å². The van der Waals surface area contributed by atoms with Gasteiger partial charge in [-0.1, -0.05) is 42.5 Å². The van der Waals surface area contributed by atoms with Crippen molar-refractivity contribution in [2.45, 2.75) is 25.9 Å². The first-order valence-electron chi connectivity index (χ1n) is 7.34. The van der Waals surface area contributed by atoms with Gasteiger partial charge in [0.25, 0.3) is 0 Å². The summed E-state index contributed by atoms with van der Waals surface area (Å²) < 4.78 is 5.62. The molecular formula is C18H23NO2. The van der Waals surface area contributed by atoms with Crippen molar-refractivity contribution >= 4 is 0 Å². The minimum atomic E-state index is -0.682. The maximum absolute atomic E-state index is 10.8. The predicted molar refractivity (Wildman–Crippen MR) is 85.5 cm³/mol. The fraction of sp³-hybridized carbons (Fsp3) is 0.333. The Bertz CT molecular complexity index is 583. The maximum atomic E-state index is 10.8. The molecule has 0 fully saturated rings. The highest BCUT2D eigenvalue weighted by atomic mass is 16.5. The van der Waals surface area contributed by atoms with Crippen molar-refractivity contribution in [3.8, 4) is 5.75 Å². The molecular weight excluding hydrogens is 262 g/mol. The van der Waals surface area contributed by atoms with Gasteiger partial charge in [0, 0.05) is 18.0 Å². The first-order valence-corrected chi connectivity index (χ1v) is 7.34. The largest absolute Gasteiger partial charge is 0.493 e. The number of ether oxygens (including phenoxy) is 1. The van der Waals surface area contributed by atoms with E-state index in [0.717, 1.165) is 22.4 Å². The van der Waals surface area contributed by atoms with Gasteiger partial charge in [0.1, 0.15) is 5.75 Å². The lowest BCUT2D eigenvalue weighted by Crippen LogP contribution is -2.21. The lowest BCUT2D eigenvalue weighted by molar-refractivity contribution is 0.142. The molecule has 0 spiro atoms. The second-order valence-corrected chi connectivity index (χ2v) is 5.11. The molecule has 2 aromatic carbocycles. The van der Waals surface area contributed by atoms with Gasteiger partial charge in [-0.3, -0.25) is 0 Å². The van der Waals surface area contributed by atoms with Crippen LogP contribution < -0.4 is 10.5 Å². The van der Waals surface area contributed by atoms with Crippen molar-refractivity contribution in [3.05, 3.63) is 65.2 Å². The number of aliphatic hydroxyl groups excluding tert-OH is 1. The Balaban J connectivity index is 2.37. The van der Waals surface area contributed by atoms with Gasteiger partial charge in [-0.2, -0.15) is 0 Å². The summed E-state index contributed by atoms with van der Waals surface area (Å²) in [5, 5.41) is 10.8. The second-order valence-electron chi connectivity index (χ2n) is 5.11. The van der Waals surface area contributed by atoms with Gasteiger partial charge in [0.2, 0.25) is 0 Å². The standard InChI is InChI=1S/C18H23NO2/c1-3-21-17-11-7-6-10-15(17)18(20)16(12-19)14-9-5-4-8-13(14)2/h4-11,16,18,20H,3,12,19H2,1-2H3. The van der Waals surface area contributed by atoms with Crippen LogP contribution >= 0.6 is 0 Å². The number of hydrogen-bond acceptors (Lipinski definition) is 3. The molecule has 2 aromatic rings. The normalized spacial score (nSPS) is 13.7.